The van der Waals surface area contributed by atoms with Crippen LogP contribution in [0.15, 0.2) is 91.0 Å². The molecule has 7 heteroatoms. The van der Waals surface area contributed by atoms with Gasteiger partial charge >= 0.3 is 5.97 Å². The topological polar surface area (TPSA) is 63.2 Å². The molecule has 3 aromatic rings. The zero-order valence-corrected chi connectivity index (χ0v) is 24.4. The second kappa shape index (κ2) is 13.5. The molecule has 1 fully saturated rings. The Bertz CT molecular complexity index is 1110. The van der Waals surface area contributed by atoms with Crippen LogP contribution in [0.5, 0.6) is 0 Å². The molecular formula is C32H40O6Si. The molecule has 39 heavy (non-hydrogen) atoms. The van der Waals surface area contributed by atoms with Gasteiger partial charge in [0.2, 0.25) is 0 Å². The Balaban J connectivity index is 1.53. The second-order valence-electron chi connectivity index (χ2n) is 10.9. The lowest BCUT2D eigenvalue weighted by molar-refractivity contribution is -0.150. The highest BCUT2D eigenvalue weighted by Crippen LogP contribution is 2.37. The van der Waals surface area contributed by atoms with E-state index in [1.54, 1.807) is 7.11 Å². The molecule has 0 radical (unpaired) electrons. The molecule has 1 saturated heterocycles. The molecule has 0 amide bonds. The van der Waals surface area contributed by atoms with Crippen molar-refractivity contribution in [1.82, 2.24) is 0 Å². The Morgan fingerprint density at radius 1 is 0.846 bits per heavy atom. The molecule has 0 N–H and O–H groups in total. The smallest absolute Gasteiger partial charge is 0.336 e. The highest BCUT2D eigenvalue weighted by atomic mass is 28.4. The predicted molar refractivity (Wildman–Crippen MR) is 154 cm³/mol. The summed E-state index contributed by atoms with van der Waals surface area (Å²) in [6, 6.07) is 30.9. The van der Waals surface area contributed by atoms with E-state index in [2.05, 4.69) is 69.3 Å². The van der Waals surface area contributed by atoms with E-state index in [0.29, 0.717) is 26.2 Å². The lowest BCUT2D eigenvalue weighted by Crippen LogP contribution is -2.66. The molecule has 3 atom stereocenters. The highest BCUT2D eigenvalue weighted by Gasteiger charge is 2.51. The van der Waals surface area contributed by atoms with Crippen LogP contribution in [0.4, 0.5) is 0 Å². The number of hydrogen-bond acceptors (Lipinski definition) is 6. The maximum atomic E-state index is 12.9. The fraction of sp³-hybridized carbons (Fsp3) is 0.406. The first kappa shape index (κ1) is 29.2. The van der Waals surface area contributed by atoms with Crippen molar-refractivity contribution in [3.8, 4) is 0 Å². The van der Waals surface area contributed by atoms with Crippen molar-refractivity contribution < 1.29 is 28.2 Å². The molecule has 4 rings (SSSR count). The van der Waals surface area contributed by atoms with Crippen molar-refractivity contribution in [2.24, 2.45) is 5.92 Å². The number of hydrogen-bond donors (Lipinski definition) is 0. The van der Waals surface area contributed by atoms with Gasteiger partial charge in [-0.25, -0.2) is 4.79 Å². The summed E-state index contributed by atoms with van der Waals surface area (Å²) in [5, 5.41) is 2.30. The zero-order valence-electron chi connectivity index (χ0n) is 23.4. The van der Waals surface area contributed by atoms with Crippen LogP contribution in [0.1, 0.15) is 32.8 Å². The SMILES string of the molecule is COCOC[C@H]1[C@H](CCO[Si](c2ccccc2)(c2ccccc2)C(C)(C)C)OC(=O)[C@H]1OCc1ccccc1. The maximum absolute atomic E-state index is 12.9. The summed E-state index contributed by atoms with van der Waals surface area (Å²) in [7, 11) is -1.11. The number of carbonyl (C=O) groups excluding carboxylic acids is 1. The molecule has 0 bridgehead atoms. The Labute approximate surface area is 233 Å². The molecule has 0 aliphatic carbocycles. The molecule has 1 aliphatic rings. The van der Waals surface area contributed by atoms with Gasteiger partial charge in [0.1, 0.15) is 12.9 Å². The molecule has 0 unspecified atom stereocenters. The van der Waals surface area contributed by atoms with Gasteiger partial charge in [0.25, 0.3) is 8.32 Å². The van der Waals surface area contributed by atoms with Gasteiger partial charge in [-0.05, 0) is 21.0 Å². The quantitative estimate of drug-likeness (QED) is 0.134. The fourth-order valence-corrected chi connectivity index (χ4v) is 10.0. The van der Waals surface area contributed by atoms with Crippen molar-refractivity contribution in [3.63, 3.8) is 0 Å². The molecular weight excluding hydrogens is 508 g/mol. The lowest BCUT2D eigenvalue weighted by atomic mass is 9.97. The standard InChI is InChI=1S/C32H40O6Si/c1-32(2,3)39(26-16-10-6-11-17-26,27-18-12-7-13-19-27)37-21-20-29-28(23-35-24-34-4)30(31(33)38-29)36-22-25-14-8-5-9-15-25/h5-19,28-30H,20-24H2,1-4H3/t28-,29-,30-/m0/s1. The van der Waals surface area contributed by atoms with E-state index in [4.69, 9.17) is 23.4 Å². The first-order valence-corrected chi connectivity index (χ1v) is 15.5. The maximum Gasteiger partial charge on any atom is 0.336 e. The third kappa shape index (κ3) is 6.86. The first-order chi connectivity index (χ1) is 18.9. The normalized spacial score (nSPS) is 19.7. The van der Waals surface area contributed by atoms with Crippen LogP contribution in [0.3, 0.4) is 0 Å². The Morgan fingerprint density at radius 3 is 1.95 bits per heavy atom. The van der Waals surface area contributed by atoms with E-state index in [1.165, 1.54) is 10.4 Å². The number of ether oxygens (including phenoxy) is 4. The second-order valence-corrected chi connectivity index (χ2v) is 15.2. The van der Waals surface area contributed by atoms with Gasteiger partial charge in [-0.2, -0.15) is 0 Å². The molecule has 0 aromatic heterocycles. The fourth-order valence-electron chi connectivity index (χ4n) is 5.45. The highest BCUT2D eigenvalue weighted by molar-refractivity contribution is 6.99. The van der Waals surface area contributed by atoms with Gasteiger partial charge in [-0.1, -0.05) is 112 Å². The van der Waals surface area contributed by atoms with Crippen molar-refractivity contribution >= 4 is 24.7 Å². The van der Waals surface area contributed by atoms with Gasteiger partial charge in [0.05, 0.1) is 19.1 Å². The summed E-state index contributed by atoms with van der Waals surface area (Å²) in [4.78, 5) is 12.9. The molecule has 0 spiro atoms. The van der Waals surface area contributed by atoms with Gasteiger partial charge in [-0.3, -0.25) is 0 Å². The van der Waals surface area contributed by atoms with E-state index >= 15 is 0 Å². The van der Waals surface area contributed by atoms with Gasteiger partial charge in [0.15, 0.2) is 6.10 Å². The van der Waals surface area contributed by atoms with E-state index in [9.17, 15) is 4.79 Å². The summed E-state index contributed by atoms with van der Waals surface area (Å²) in [5.74, 6) is -0.619. The minimum Gasteiger partial charge on any atom is -0.460 e. The third-order valence-corrected chi connectivity index (χ3v) is 12.3. The predicted octanol–water partition coefficient (Wildman–Crippen LogP) is 4.70. The average Bonchev–Trinajstić information content (AvgIpc) is 3.24. The van der Waals surface area contributed by atoms with Crippen LogP contribution < -0.4 is 10.4 Å². The van der Waals surface area contributed by atoms with E-state index in [-0.39, 0.29) is 29.8 Å². The molecule has 1 heterocycles. The summed E-state index contributed by atoms with van der Waals surface area (Å²) in [6.45, 7) is 7.96. The zero-order chi connectivity index (χ0) is 27.7. The number of carbonyl (C=O) groups is 1. The van der Waals surface area contributed by atoms with E-state index < -0.39 is 14.4 Å². The summed E-state index contributed by atoms with van der Waals surface area (Å²) < 4.78 is 29.8. The Hall–Kier alpha value is -2.81. The largest absolute Gasteiger partial charge is 0.460 e. The van der Waals surface area contributed by atoms with Crippen LogP contribution in [-0.4, -0.2) is 53.6 Å². The Kier molecular flexibility index (Phi) is 10.1. The molecule has 1 aliphatic heterocycles. The van der Waals surface area contributed by atoms with Crippen molar-refractivity contribution in [1.29, 1.82) is 0 Å². The summed E-state index contributed by atoms with van der Waals surface area (Å²) in [5.41, 5.74) is 1.00. The number of rotatable bonds is 13. The number of esters is 1. The van der Waals surface area contributed by atoms with Crippen LogP contribution in [0.25, 0.3) is 0 Å². The molecule has 208 valence electrons. The van der Waals surface area contributed by atoms with Crippen LogP contribution in [0.2, 0.25) is 5.04 Å². The van der Waals surface area contributed by atoms with E-state index in [1.807, 2.05) is 42.5 Å². The van der Waals surface area contributed by atoms with Gasteiger partial charge < -0.3 is 23.4 Å². The van der Waals surface area contributed by atoms with Crippen molar-refractivity contribution in [2.75, 3.05) is 27.1 Å². The summed E-state index contributed by atoms with van der Waals surface area (Å²) >= 11 is 0. The number of cyclic esters (lactones) is 1. The van der Waals surface area contributed by atoms with Gasteiger partial charge in [-0.15, -0.1) is 0 Å². The Morgan fingerprint density at radius 2 is 1.41 bits per heavy atom. The van der Waals surface area contributed by atoms with Crippen LogP contribution in [-0.2, 0) is 34.8 Å². The van der Waals surface area contributed by atoms with Crippen LogP contribution in [0, 0.1) is 5.92 Å². The third-order valence-electron chi connectivity index (χ3n) is 7.29. The summed E-state index contributed by atoms with van der Waals surface area (Å²) in [6.07, 6.45) is -0.545. The number of methoxy groups -OCH3 is 1. The molecule has 6 nitrogen and oxygen atoms in total. The first-order valence-electron chi connectivity index (χ1n) is 13.5. The van der Waals surface area contributed by atoms with E-state index in [0.717, 1.165) is 5.56 Å². The molecule has 3 aromatic carbocycles. The monoisotopic (exact) mass is 548 g/mol. The molecule has 0 saturated carbocycles. The number of benzene rings is 3. The minimum absolute atomic E-state index is 0.135. The lowest BCUT2D eigenvalue weighted by Gasteiger charge is -2.43. The van der Waals surface area contributed by atoms with Gasteiger partial charge in [0, 0.05) is 20.1 Å². The van der Waals surface area contributed by atoms with Crippen molar-refractivity contribution in [2.45, 2.75) is 51.0 Å². The van der Waals surface area contributed by atoms with Crippen LogP contribution >= 0.6 is 0 Å². The average molecular weight is 549 g/mol. The minimum atomic E-state index is -2.69. The van der Waals surface area contributed by atoms with Crippen molar-refractivity contribution in [3.05, 3.63) is 96.6 Å².